The number of ether oxygens (including phenoxy) is 1. The number of carbonyl (C=O) groups is 2. The van der Waals surface area contributed by atoms with E-state index in [4.69, 9.17) is 4.74 Å². The van der Waals surface area contributed by atoms with Crippen LogP contribution in [0.1, 0.15) is 412 Å². The lowest BCUT2D eigenvalue weighted by Gasteiger charge is -2.22. The van der Waals surface area contributed by atoms with Crippen LogP contribution in [0.25, 0.3) is 0 Å². The highest BCUT2D eigenvalue weighted by atomic mass is 16.5. The topological polar surface area (TPSA) is 95.9 Å². The fourth-order valence-corrected chi connectivity index (χ4v) is 11.7. The molecule has 0 rings (SSSR count). The lowest BCUT2D eigenvalue weighted by Crippen LogP contribution is -2.45. The number of nitrogens with one attached hydrogen (secondary N) is 1. The highest BCUT2D eigenvalue weighted by molar-refractivity contribution is 5.76. The van der Waals surface area contributed by atoms with Crippen molar-refractivity contribution < 1.29 is 24.5 Å². The summed E-state index contributed by atoms with van der Waals surface area (Å²) in [6.45, 7) is 4.97. The summed E-state index contributed by atoms with van der Waals surface area (Å²) in [6.07, 6.45) is 88.1. The molecule has 0 saturated heterocycles. The van der Waals surface area contributed by atoms with Gasteiger partial charge < -0.3 is 20.3 Å². The number of hydrogen-bond donors (Lipinski definition) is 3. The fraction of sp³-hybridized carbons (Fsp3) is 0.919. The minimum absolute atomic E-state index is 0.0131. The quantitative estimate of drug-likeness (QED) is 0.0320. The number of carbonyl (C=O) groups excluding carboxylic acids is 2. The maximum absolute atomic E-state index is 12.5. The van der Waals surface area contributed by atoms with Gasteiger partial charge in [0.05, 0.1) is 25.4 Å². The van der Waals surface area contributed by atoms with E-state index in [1.54, 1.807) is 0 Å². The second kappa shape index (κ2) is 69.8. The SMILES string of the molecule is CCCCC/C=C\C/C=C\CCCCCCCCCC(=O)OCCCCCCCCCCCCCCCCCCCCCCCCCCCCCCCCC(=O)NC(CO)C(O)CCCCCCCCCCCCCCCCCC. The molecule has 80 heavy (non-hydrogen) atoms. The van der Waals surface area contributed by atoms with Gasteiger partial charge in [-0.2, -0.15) is 0 Å². The van der Waals surface area contributed by atoms with Crippen LogP contribution in [0.15, 0.2) is 24.3 Å². The molecule has 6 heteroatoms. The molecular weight excluding hydrogens is 983 g/mol. The maximum atomic E-state index is 12.5. The van der Waals surface area contributed by atoms with Crippen molar-refractivity contribution in [3.63, 3.8) is 0 Å². The molecule has 0 fully saturated rings. The van der Waals surface area contributed by atoms with E-state index in [1.165, 1.54) is 327 Å². The molecule has 0 spiro atoms. The first-order chi connectivity index (χ1) is 39.5. The van der Waals surface area contributed by atoms with Crippen molar-refractivity contribution in [1.82, 2.24) is 5.32 Å². The number of aliphatic hydroxyl groups is 2. The smallest absolute Gasteiger partial charge is 0.305 e. The lowest BCUT2D eigenvalue weighted by atomic mass is 10.0. The Kier molecular flexibility index (Phi) is 68.4. The molecule has 2 atom stereocenters. The third-order valence-electron chi connectivity index (χ3n) is 17.3. The van der Waals surface area contributed by atoms with Crippen LogP contribution in [0, 0.1) is 0 Å². The van der Waals surface area contributed by atoms with Crippen molar-refractivity contribution in [1.29, 1.82) is 0 Å². The Bertz CT molecular complexity index is 1250. The number of amides is 1. The molecule has 0 bridgehead atoms. The average Bonchev–Trinajstić information content (AvgIpc) is 3.46. The summed E-state index contributed by atoms with van der Waals surface area (Å²) in [7, 11) is 0. The molecule has 0 saturated carbocycles. The van der Waals surface area contributed by atoms with Gasteiger partial charge in [0.25, 0.3) is 0 Å². The number of unbranched alkanes of at least 4 members (excludes halogenated alkanes) is 54. The Morgan fingerprint density at radius 1 is 0.350 bits per heavy atom. The van der Waals surface area contributed by atoms with Gasteiger partial charge in [0.2, 0.25) is 5.91 Å². The van der Waals surface area contributed by atoms with Crippen LogP contribution in [-0.4, -0.2) is 47.4 Å². The molecule has 0 aliphatic carbocycles. The normalized spacial score (nSPS) is 12.6. The number of hydrogen-bond acceptors (Lipinski definition) is 5. The molecule has 0 aromatic rings. The molecule has 474 valence electrons. The predicted octanol–water partition coefficient (Wildman–Crippen LogP) is 23.7. The summed E-state index contributed by atoms with van der Waals surface area (Å²) in [6, 6.07) is -0.538. The molecule has 1 amide bonds. The Morgan fingerprint density at radius 3 is 0.975 bits per heavy atom. The van der Waals surface area contributed by atoms with Crippen LogP contribution in [0.4, 0.5) is 0 Å². The fourth-order valence-electron chi connectivity index (χ4n) is 11.7. The summed E-state index contributed by atoms with van der Waals surface area (Å²) in [4.78, 5) is 24.6. The van der Waals surface area contributed by atoms with Crippen LogP contribution < -0.4 is 5.32 Å². The molecule has 0 heterocycles. The summed E-state index contributed by atoms with van der Waals surface area (Å²) < 4.78 is 5.50. The molecule has 6 nitrogen and oxygen atoms in total. The van der Waals surface area contributed by atoms with Crippen LogP contribution in [0.2, 0.25) is 0 Å². The van der Waals surface area contributed by atoms with E-state index in [2.05, 4.69) is 43.5 Å². The summed E-state index contributed by atoms with van der Waals surface area (Å²) in [5.41, 5.74) is 0. The van der Waals surface area contributed by atoms with E-state index in [0.717, 1.165) is 51.4 Å². The highest BCUT2D eigenvalue weighted by Gasteiger charge is 2.20. The van der Waals surface area contributed by atoms with Crippen LogP contribution >= 0.6 is 0 Å². The van der Waals surface area contributed by atoms with Crippen LogP contribution in [-0.2, 0) is 14.3 Å². The van der Waals surface area contributed by atoms with E-state index in [0.29, 0.717) is 25.9 Å². The Hall–Kier alpha value is -1.66. The van der Waals surface area contributed by atoms with Crippen molar-refractivity contribution in [2.75, 3.05) is 13.2 Å². The number of aliphatic hydroxyl groups excluding tert-OH is 2. The summed E-state index contributed by atoms with van der Waals surface area (Å²) in [5, 5.41) is 23.4. The van der Waals surface area contributed by atoms with Gasteiger partial charge in [-0.15, -0.1) is 0 Å². The second-order valence-corrected chi connectivity index (χ2v) is 25.3. The average molecular weight is 1130 g/mol. The Balaban J connectivity index is 3.32. The van der Waals surface area contributed by atoms with Crippen molar-refractivity contribution in [2.45, 2.75) is 424 Å². The molecule has 2 unspecified atom stereocenters. The highest BCUT2D eigenvalue weighted by Crippen LogP contribution is 2.19. The van der Waals surface area contributed by atoms with Crippen LogP contribution in [0.3, 0.4) is 0 Å². The zero-order chi connectivity index (χ0) is 57.8. The Labute approximate surface area is 501 Å². The second-order valence-electron chi connectivity index (χ2n) is 25.3. The van der Waals surface area contributed by atoms with E-state index in [-0.39, 0.29) is 18.5 Å². The molecular formula is C74H143NO5. The maximum Gasteiger partial charge on any atom is 0.305 e. The first kappa shape index (κ1) is 78.3. The molecule has 0 aromatic heterocycles. The molecule has 0 radical (unpaired) electrons. The predicted molar refractivity (Wildman–Crippen MR) is 352 cm³/mol. The largest absolute Gasteiger partial charge is 0.466 e. The number of esters is 1. The lowest BCUT2D eigenvalue weighted by molar-refractivity contribution is -0.143. The van der Waals surface area contributed by atoms with Crippen LogP contribution in [0.5, 0.6) is 0 Å². The standard InChI is InChI=1S/C74H143NO5/c1-3-5-7-9-11-13-15-17-19-35-40-44-48-52-56-60-64-68-74(79)80-69-65-61-57-53-49-45-41-37-34-32-30-28-26-24-22-21-23-25-27-29-31-33-36-39-43-47-51-55-59-63-67-73(78)75-71(70-76)72(77)66-62-58-54-50-46-42-38-20-18-16-14-12-10-8-6-4-2/h11,13,17,19,71-72,76-77H,3-10,12,14-16,18,20-70H2,1-2H3,(H,75,78)/b13-11-,19-17-. The number of rotatable bonds is 69. The van der Waals surface area contributed by atoms with Gasteiger partial charge in [-0.05, 0) is 57.8 Å². The van der Waals surface area contributed by atoms with Gasteiger partial charge in [0.1, 0.15) is 0 Å². The van der Waals surface area contributed by atoms with Gasteiger partial charge >= 0.3 is 5.97 Å². The van der Waals surface area contributed by atoms with E-state index in [1.807, 2.05) is 0 Å². The van der Waals surface area contributed by atoms with Gasteiger partial charge in [-0.3, -0.25) is 9.59 Å². The van der Waals surface area contributed by atoms with E-state index in [9.17, 15) is 19.8 Å². The van der Waals surface area contributed by atoms with Crippen molar-refractivity contribution in [3.05, 3.63) is 24.3 Å². The minimum Gasteiger partial charge on any atom is -0.466 e. The zero-order valence-electron chi connectivity index (χ0n) is 54.3. The molecule has 0 aliphatic heterocycles. The summed E-state index contributed by atoms with van der Waals surface area (Å²) in [5.74, 6) is -0.0145. The van der Waals surface area contributed by atoms with Gasteiger partial charge in [0.15, 0.2) is 0 Å². The Morgan fingerprint density at radius 2 is 0.625 bits per heavy atom. The third-order valence-corrected chi connectivity index (χ3v) is 17.3. The molecule has 0 aromatic carbocycles. The molecule has 0 aliphatic rings. The monoisotopic (exact) mass is 1130 g/mol. The van der Waals surface area contributed by atoms with Crippen molar-refractivity contribution >= 4 is 11.9 Å². The minimum atomic E-state index is -0.661. The van der Waals surface area contributed by atoms with E-state index < -0.39 is 12.1 Å². The zero-order valence-corrected chi connectivity index (χ0v) is 54.3. The summed E-state index contributed by atoms with van der Waals surface area (Å²) >= 11 is 0. The van der Waals surface area contributed by atoms with Gasteiger partial charge in [-0.1, -0.05) is 366 Å². The first-order valence-corrected chi connectivity index (χ1v) is 36.6. The van der Waals surface area contributed by atoms with Gasteiger partial charge in [-0.25, -0.2) is 0 Å². The molecule has 3 N–H and O–H groups in total. The van der Waals surface area contributed by atoms with Gasteiger partial charge in [0, 0.05) is 12.8 Å². The third kappa shape index (κ3) is 65.5. The van der Waals surface area contributed by atoms with Crippen molar-refractivity contribution in [2.24, 2.45) is 0 Å². The number of allylic oxidation sites excluding steroid dienone is 4. The van der Waals surface area contributed by atoms with Crippen molar-refractivity contribution in [3.8, 4) is 0 Å². The van der Waals surface area contributed by atoms with E-state index >= 15 is 0 Å². The first-order valence-electron chi connectivity index (χ1n) is 36.6.